The number of carbonyl (C=O) groups is 2. The summed E-state index contributed by atoms with van der Waals surface area (Å²) in [6.45, 7) is 1.51. The Morgan fingerprint density at radius 2 is 2.12 bits per heavy atom. The number of hydrogen-bond acceptors (Lipinski definition) is 4. The lowest BCUT2D eigenvalue weighted by atomic mass is 10.2. The number of amides is 1. The average Bonchev–Trinajstić information content (AvgIpc) is 2.30. The number of benzene rings is 1. The molecular formula is C11H13FN2O3. The zero-order chi connectivity index (χ0) is 13.0. The number of halogens is 1. The third kappa shape index (κ3) is 3.25. The van der Waals surface area contributed by atoms with Gasteiger partial charge in [-0.3, -0.25) is 4.79 Å². The van der Waals surface area contributed by atoms with Gasteiger partial charge in [0, 0.05) is 5.69 Å². The van der Waals surface area contributed by atoms with E-state index in [1.807, 2.05) is 0 Å². The Morgan fingerprint density at radius 3 is 2.65 bits per heavy atom. The summed E-state index contributed by atoms with van der Waals surface area (Å²) in [5.74, 6) is -1.94. The molecule has 1 atom stereocenters. The molecule has 0 bridgehead atoms. The standard InChI is InChI=1S/C11H13FN2O3/c1-6(13)10(15)14-7-3-4-9(12)8(5-7)11(16)17-2/h3-6H,13H2,1-2H3,(H,14,15)/t6-/m1/s1. The fraction of sp³-hybridized carbons (Fsp3) is 0.273. The normalized spacial score (nSPS) is 11.8. The number of carbonyl (C=O) groups excluding carboxylic acids is 2. The fourth-order valence-corrected chi connectivity index (χ4v) is 1.13. The Bertz CT molecular complexity index is 446. The number of hydrogen-bond donors (Lipinski definition) is 2. The van der Waals surface area contributed by atoms with Gasteiger partial charge < -0.3 is 15.8 Å². The summed E-state index contributed by atoms with van der Waals surface area (Å²) < 4.78 is 17.7. The molecule has 0 heterocycles. The van der Waals surface area contributed by atoms with Gasteiger partial charge in [-0.15, -0.1) is 0 Å². The molecule has 0 radical (unpaired) electrons. The van der Waals surface area contributed by atoms with Gasteiger partial charge in [0.1, 0.15) is 5.82 Å². The molecular weight excluding hydrogens is 227 g/mol. The molecule has 3 N–H and O–H groups in total. The number of methoxy groups -OCH3 is 1. The predicted octanol–water partition coefficient (Wildman–Crippen LogP) is 0.898. The first-order chi connectivity index (χ1) is 7.95. The number of nitrogens with two attached hydrogens (primary N) is 1. The zero-order valence-corrected chi connectivity index (χ0v) is 9.49. The largest absolute Gasteiger partial charge is 0.465 e. The van der Waals surface area contributed by atoms with Gasteiger partial charge in [-0.1, -0.05) is 0 Å². The Labute approximate surface area is 97.7 Å². The van der Waals surface area contributed by atoms with Gasteiger partial charge in [0.05, 0.1) is 18.7 Å². The zero-order valence-electron chi connectivity index (χ0n) is 9.49. The van der Waals surface area contributed by atoms with Crippen LogP contribution in [0.1, 0.15) is 17.3 Å². The quantitative estimate of drug-likeness (QED) is 0.769. The second kappa shape index (κ2) is 5.40. The van der Waals surface area contributed by atoms with Crippen molar-refractivity contribution in [3.05, 3.63) is 29.6 Å². The van der Waals surface area contributed by atoms with Crippen LogP contribution in [0.4, 0.5) is 10.1 Å². The van der Waals surface area contributed by atoms with Gasteiger partial charge >= 0.3 is 5.97 Å². The molecule has 0 aromatic heterocycles. The molecule has 0 spiro atoms. The number of anilines is 1. The highest BCUT2D eigenvalue weighted by Gasteiger charge is 2.14. The smallest absolute Gasteiger partial charge is 0.340 e. The molecule has 0 aliphatic carbocycles. The van der Waals surface area contributed by atoms with E-state index in [0.29, 0.717) is 0 Å². The summed E-state index contributed by atoms with van der Waals surface area (Å²) in [5, 5.41) is 2.45. The van der Waals surface area contributed by atoms with Crippen molar-refractivity contribution in [3.8, 4) is 0 Å². The van der Waals surface area contributed by atoms with Gasteiger partial charge in [0.15, 0.2) is 0 Å². The second-order valence-corrected chi connectivity index (χ2v) is 3.46. The molecule has 6 heteroatoms. The molecule has 1 rings (SSSR count). The van der Waals surface area contributed by atoms with Crippen LogP contribution in [0, 0.1) is 5.82 Å². The second-order valence-electron chi connectivity index (χ2n) is 3.46. The van der Waals surface area contributed by atoms with Crippen molar-refractivity contribution >= 4 is 17.6 Å². The third-order valence-electron chi connectivity index (χ3n) is 2.05. The molecule has 0 unspecified atom stereocenters. The first-order valence-electron chi connectivity index (χ1n) is 4.90. The molecule has 0 saturated carbocycles. The van der Waals surface area contributed by atoms with Crippen molar-refractivity contribution in [3.63, 3.8) is 0 Å². The lowest BCUT2D eigenvalue weighted by Gasteiger charge is -2.09. The molecule has 0 saturated heterocycles. The van der Waals surface area contributed by atoms with Crippen LogP contribution in [0.3, 0.4) is 0 Å². The topological polar surface area (TPSA) is 81.4 Å². The maximum atomic E-state index is 13.3. The Morgan fingerprint density at radius 1 is 1.47 bits per heavy atom. The van der Waals surface area contributed by atoms with Crippen LogP contribution in [0.15, 0.2) is 18.2 Å². The van der Waals surface area contributed by atoms with Gasteiger partial charge in [0.2, 0.25) is 5.91 Å². The maximum Gasteiger partial charge on any atom is 0.340 e. The number of nitrogens with one attached hydrogen (secondary N) is 1. The van der Waals surface area contributed by atoms with E-state index in [0.717, 1.165) is 13.2 Å². The van der Waals surface area contributed by atoms with Crippen LogP contribution >= 0.6 is 0 Å². The van der Waals surface area contributed by atoms with E-state index in [4.69, 9.17) is 5.73 Å². The van der Waals surface area contributed by atoms with E-state index in [-0.39, 0.29) is 11.3 Å². The van der Waals surface area contributed by atoms with Crippen LogP contribution < -0.4 is 11.1 Å². The molecule has 0 aliphatic heterocycles. The van der Waals surface area contributed by atoms with E-state index in [9.17, 15) is 14.0 Å². The highest BCUT2D eigenvalue weighted by Crippen LogP contribution is 2.15. The monoisotopic (exact) mass is 240 g/mol. The van der Waals surface area contributed by atoms with E-state index >= 15 is 0 Å². The van der Waals surface area contributed by atoms with Crippen molar-refractivity contribution in [2.45, 2.75) is 13.0 Å². The Balaban J connectivity index is 2.97. The number of esters is 1. The van der Waals surface area contributed by atoms with Crippen molar-refractivity contribution in [1.29, 1.82) is 0 Å². The maximum absolute atomic E-state index is 13.3. The molecule has 92 valence electrons. The van der Waals surface area contributed by atoms with Crippen LogP contribution in [0.2, 0.25) is 0 Å². The van der Waals surface area contributed by atoms with Gasteiger partial charge in [-0.25, -0.2) is 9.18 Å². The van der Waals surface area contributed by atoms with E-state index in [1.54, 1.807) is 0 Å². The van der Waals surface area contributed by atoms with Crippen molar-refractivity contribution in [2.75, 3.05) is 12.4 Å². The lowest BCUT2D eigenvalue weighted by Crippen LogP contribution is -2.32. The minimum Gasteiger partial charge on any atom is -0.465 e. The molecule has 0 fully saturated rings. The summed E-state index contributed by atoms with van der Waals surface area (Å²) in [4.78, 5) is 22.5. The van der Waals surface area contributed by atoms with Crippen LogP contribution in [0.5, 0.6) is 0 Å². The van der Waals surface area contributed by atoms with Crippen LogP contribution in [-0.4, -0.2) is 25.0 Å². The first kappa shape index (κ1) is 13.1. The van der Waals surface area contributed by atoms with Gasteiger partial charge in [0.25, 0.3) is 0 Å². The minimum atomic E-state index is -0.806. The molecule has 0 aliphatic rings. The molecule has 5 nitrogen and oxygen atoms in total. The van der Waals surface area contributed by atoms with Gasteiger partial charge in [-0.05, 0) is 25.1 Å². The van der Waals surface area contributed by atoms with Crippen molar-refractivity contribution in [1.82, 2.24) is 0 Å². The van der Waals surface area contributed by atoms with E-state index < -0.39 is 23.7 Å². The van der Waals surface area contributed by atoms with Crippen molar-refractivity contribution < 1.29 is 18.7 Å². The number of ether oxygens (including phenoxy) is 1. The molecule has 1 amide bonds. The summed E-state index contributed by atoms with van der Waals surface area (Å²) in [7, 11) is 1.15. The minimum absolute atomic E-state index is 0.241. The molecule has 17 heavy (non-hydrogen) atoms. The lowest BCUT2D eigenvalue weighted by molar-refractivity contribution is -0.117. The Hall–Kier alpha value is -1.95. The van der Waals surface area contributed by atoms with Crippen LogP contribution in [-0.2, 0) is 9.53 Å². The van der Waals surface area contributed by atoms with Gasteiger partial charge in [-0.2, -0.15) is 0 Å². The van der Waals surface area contributed by atoms with E-state index in [1.165, 1.54) is 19.1 Å². The van der Waals surface area contributed by atoms with Crippen LogP contribution in [0.25, 0.3) is 0 Å². The summed E-state index contributed by atoms with van der Waals surface area (Å²) in [6, 6.07) is 2.91. The molecule has 1 aromatic carbocycles. The molecule has 1 aromatic rings. The SMILES string of the molecule is COC(=O)c1cc(NC(=O)[C@@H](C)N)ccc1F. The fourth-order valence-electron chi connectivity index (χ4n) is 1.13. The average molecular weight is 240 g/mol. The third-order valence-corrected chi connectivity index (χ3v) is 2.05. The highest BCUT2D eigenvalue weighted by molar-refractivity contribution is 5.96. The summed E-state index contributed by atoms with van der Waals surface area (Å²) >= 11 is 0. The first-order valence-corrected chi connectivity index (χ1v) is 4.90. The van der Waals surface area contributed by atoms with Crippen molar-refractivity contribution in [2.24, 2.45) is 5.73 Å². The summed E-state index contributed by atoms with van der Waals surface area (Å²) in [5.41, 5.74) is 5.41. The van der Waals surface area contributed by atoms with E-state index in [2.05, 4.69) is 10.1 Å². The highest BCUT2D eigenvalue weighted by atomic mass is 19.1. The summed E-state index contributed by atoms with van der Waals surface area (Å²) in [6.07, 6.45) is 0. The number of rotatable bonds is 3. The predicted molar refractivity (Wildman–Crippen MR) is 60.0 cm³/mol. The Kier molecular flexibility index (Phi) is 4.17.